The van der Waals surface area contributed by atoms with Gasteiger partial charge in [-0.2, -0.15) is 0 Å². The predicted molar refractivity (Wildman–Crippen MR) is 101 cm³/mol. The summed E-state index contributed by atoms with van der Waals surface area (Å²) in [6.07, 6.45) is 8.74. The number of amides is 1. The first-order chi connectivity index (χ1) is 11.7. The minimum atomic E-state index is 0.113. The Kier molecular flexibility index (Phi) is 6.00. The molecule has 1 aliphatic heterocycles. The summed E-state index contributed by atoms with van der Waals surface area (Å²) in [6.45, 7) is 4.84. The molecule has 4 nitrogen and oxygen atoms in total. The van der Waals surface area contributed by atoms with Gasteiger partial charge in [-0.25, -0.2) is 0 Å². The number of anilines is 2. The third kappa shape index (κ3) is 4.43. The van der Waals surface area contributed by atoms with E-state index in [9.17, 15) is 4.79 Å². The lowest BCUT2D eigenvalue weighted by molar-refractivity contribution is -0.120. The lowest BCUT2D eigenvalue weighted by Crippen LogP contribution is -2.43. The Morgan fingerprint density at radius 3 is 2.62 bits per heavy atom. The van der Waals surface area contributed by atoms with Gasteiger partial charge in [-0.1, -0.05) is 31.9 Å². The second-order valence-corrected chi connectivity index (χ2v) is 7.35. The number of piperidine rings is 1. The Labute approximate surface area is 146 Å². The van der Waals surface area contributed by atoms with E-state index < -0.39 is 0 Å². The Balaban J connectivity index is 1.55. The van der Waals surface area contributed by atoms with Crippen LogP contribution in [0.1, 0.15) is 51.9 Å². The molecule has 3 rings (SSSR count). The first-order valence-corrected chi connectivity index (χ1v) is 9.61. The Morgan fingerprint density at radius 2 is 1.83 bits per heavy atom. The first kappa shape index (κ1) is 17.1. The normalized spacial score (nSPS) is 24.5. The fourth-order valence-corrected chi connectivity index (χ4v) is 4.00. The first-order valence-electron chi connectivity index (χ1n) is 9.61. The number of para-hydroxylation sites is 2. The third-order valence-corrected chi connectivity index (χ3v) is 5.50. The van der Waals surface area contributed by atoms with Crippen molar-refractivity contribution in [1.82, 2.24) is 5.32 Å². The second-order valence-electron chi connectivity index (χ2n) is 7.35. The van der Waals surface area contributed by atoms with Crippen molar-refractivity contribution in [2.45, 2.75) is 57.9 Å². The lowest BCUT2D eigenvalue weighted by atomic mass is 9.86. The molecule has 2 N–H and O–H groups in total. The number of rotatable bonds is 5. The molecule has 2 atom stereocenters. The Hall–Kier alpha value is -1.71. The molecule has 1 amide bonds. The molecule has 1 aromatic rings. The van der Waals surface area contributed by atoms with Crippen molar-refractivity contribution in [1.29, 1.82) is 0 Å². The largest absolute Gasteiger partial charge is 0.374 e. The van der Waals surface area contributed by atoms with Crippen molar-refractivity contribution in [2.75, 3.05) is 29.9 Å². The van der Waals surface area contributed by atoms with Crippen LogP contribution in [0.2, 0.25) is 0 Å². The quantitative estimate of drug-likeness (QED) is 0.864. The van der Waals surface area contributed by atoms with Gasteiger partial charge in [0, 0.05) is 19.1 Å². The van der Waals surface area contributed by atoms with E-state index in [2.05, 4.69) is 40.7 Å². The molecule has 1 saturated heterocycles. The van der Waals surface area contributed by atoms with E-state index in [0.29, 0.717) is 18.5 Å². The molecule has 0 spiro atoms. The third-order valence-electron chi connectivity index (χ3n) is 5.50. The monoisotopic (exact) mass is 329 g/mol. The van der Waals surface area contributed by atoms with E-state index in [4.69, 9.17) is 0 Å². The van der Waals surface area contributed by atoms with Crippen LogP contribution >= 0.6 is 0 Å². The van der Waals surface area contributed by atoms with Crippen LogP contribution in [0.3, 0.4) is 0 Å². The zero-order chi connectivity index (χ0) is 16.8. The predicted octanol–water partition coefficient (Wildman–Crippen LogP) is 3.78. The smallest absolute Gasteiger partial charge is 0.239 e. The summed E-state index contributed by atoms with van der Waals surface area (Å²) >= 11 is 0. The molecule has 2 fully saturated rings. The highest BCUT2D eigenvalue weighted by Gasteiger charge is 2.22. The molecular formula is C20H31N3O. The molecule has 1 aliphatic carbocycles. The van der Waals surface area contributed by atoms with Gasteiger partial charge in [-0.15, -0.1) is 0 Å². The summed E-state index contributed by atoms with van der Waals surface area (Å²) in [6, 6.07) is 8.72. The molecule has 1 aromatic carbocycles. The number of carbonyl (C=O) groups is 1. The van der Waals surface area contributed by atoms with Gasteiger partial charge in [0.15, 0.2) is 0 Å². The van der Waals surface area contributed by atoms with Gasteiger partial charge in [0.05, 0.1) is 17.9 Å². The van der Waals surface area contributed by atoms with Crippen molar-refractivity contribution in [3.05, 3.63) is 24.3 Å². The van der Waals surface area contributed by atoms with E-state index in [1.165, 1.54) is 44.2 Å². The highest BCUT2D eigenvalue weighted by molar-refractivity contribution is 5.83. The summed E-state index contributed by atoms with van der Waals surface area (Å²) in [4.78, 5) is 14.8. The molecule has 4 heteroatoms. The maximum atomic E-state index is 12.3. The maximum Gasteiger partial charge on any atom is 0.239 e. The number of hydrogen-bond acceptors (Lipinski definition) is 3. The molecule has 0 bridgehead atoms. The molecule has 0 aromatic heterocycles. The van der Waals surface area contributed by atoms with Crippen molar-refractivity contribution < 1.29 is 4.79 Å². The van der Waals surface area contributed by atoms with Crippen LogP contribution in [0.25, 0.3) is 0 Å². The van der Waals surface area contributed by atoms with Gasteiger partial charge >= 0.3 is 0 Å². The maximum absolute atomic E-state index is 12.3. The zero-order valence-corrected chi connectivity index (χ0v) is 14.9. The minimum Gasteiger partial charge on any atom is -0.374 e. The summed E-state index contributed by atoms with van der Waals surface area (Å²) in [5.74, 6) is 0.713. The Bertz CT molecular complexity index is 539. The molecule has 1 heterocycles. The van der Waals surface area contributed by atoms with Crippen LogP contribution in [0.5, 0.6) is 0 Å². The van der Waals surface area contributed by atoms with E-state index >= 15 is 0 Å². The number of benzene rings is 1. The van der Waals surface area contributed by atoms with Crippen LogP contribution in [0, 0.1) is 5.92 Å². The van der Waals surface area contributed by atoms with E-state index in [-0.39, 0.29) is 5.91 Å². The van der Waals surface area contributed by atoms with Crippen molar-refractivity contribution in [3.63, 3.8) is 0 Å². The molecule has 1 saturated carbocycles. The summed E-state index contributed by atoms with van der Waals surface area (Å²) < 4.78 is 0. The van der Waals surface area contributed by atoms with E-state index in [0.717, 1.165) is 25.2 Å². The molecular weight excluding hydrogens is 298 g/mol. The van der Waals surface area contributed by atoms with E-state index in [1.807, 2.05) is 6.07 Å². The van der Waals surface area contributed by atoms with Gasteiger partial charge in [-0.05, 0) is 50.2 Å². The van der Waals surface area contributed by atoms with Gasteiger partial charge in [0.2, 0.25) is 5.91 Å². The summed E-state index contributed by atoms with van der Waals surface area (Å²) in [5, 5.41) is 6.58. The number of hydrogen-bond donors (Lipinski definition) is 2. The molecule has 132 valence electrons. The van der Waals surface area contributed by atoms with Gasteiger partial charge < -0.3 is 15.5 Å². The average molecular weight is 329 g/mol. The van der Waals surface area contributed by atoms with Gasteiger partial charge in [0.1, 0.15) is 0 Å². The van der Waals surface area contributed by atoms with E-state index in [1.54, 1.807) is 0 Å². The topological polar surface area (TPSA) is 44.4 Å². The zero-order valence-electron chi connectivity index (χ0n) is 14.9. The number of nitrogens with one attached hydrogen (secondary N) is 2. The number of carbonyl (C=O) groups excluding carboxylic acids is 1. The highest BCUT2D eigenvalue weighted by atomic mass is 16.2. The van der Waals surface area contributed by atoms with Crippen LogP contribution in [0.4, 0.5) is 11.4 Å². The molecule has 2 aliphatic rings. The summed E-state index contributed by atoms with van der Waals surface area (Å²) in [7, 11) is 0. The minimum absolute atomic E-state index is 0.113. The molecule has 2 unspecified atom stereocenters. The average Bonchev–Trinajstić information content (AvgIpc) is 2.63. The second kappa shape index (κ2) is 8.41. The molecule has 0 radical (unpaired) electrons. The van der Waals surface area contributed by atoms with Crippen molar-refractivity contribution >= 4 is 17.3 Å². The van der Waals surface area contributed by atoms with Crippen molar-refractivity contribution in [2.24, 2.45) is 5.92 Å². The summed E-state index contributed by atoms with van der Waals surface area (Å²) in [5.41, 5.74) is 2.31. The van der Waals surface area contributed by atoms with Crippen molar-refractivity contribution in [3.8, 4) is 0 Å². The standard InChI is InChI=1S/C20H31N3O/c1-16-9-3-4-10-17(16)22-20(24)15-21-18-11-5-6-12-19(18)23-13-7-2-8-14-23/h5-6,11-12,16-17,21H,2-4,7-10,13-15H2,1H3,(H,22,24). The highest BCUT2D eigenvalue weighted by Crippen LogP contribution is 2.28. The van der Waals surface area contributed by atoms with Crippen LogP contribution < -0.4 is 15.5 Å². The van der Waals surface area contributed by atoms with Crippen LogP contribution in [-0.2, 0) is 4.79 Å². The SMILES string of the molecule is CC1CCCCC1NC(=O)CNc1ccccc1N1CCCCC1. The lowest BCUT2D eigenvalue weighted by Gasteiger charge is -2.31. The fourth-order valence-electron chi connectivity index (χ4n) is 4.00. The molecule has 24 heavy (non-hydrogen) atoms. The van der Waals surface area contributed by atoms with Gasteiger partial charge in [0.25, 0.3) is 0 Å². The fraction of sp³-hybridized carbons (Fsp3) is 0.650. The van der Waals surface area contributed by atoms with Crippen LogP contribution in [-0.4, -0.2) is 31.6 Å². The van der Waals surface area contributed by atoms with Crippen LogP contribution in [0.15, 0.2) is 24.3 Å². The number of nitrogens with zero attached hydrogens (tertiary/aromatic N) is 1. The van der Waals surface area contributed by atoms with Gasteiger partial charge in [-0.3, -0.25) is 4.79 Å². The Morgan fingerprint density at radius 1 is 1.08 bits per heavy atom.